The molecule has 1 fully saturated rings. The van der Waals surface area contributed by atoms with Gasteiger partial charge >= 0.3 is 0 Å². The summed E-state index contributed by atoms with van der Waals surface area (Å²) >= 11 is 0. The number of nitrogens with one attached hydrogen (secondary N) is 1. The van der Waals surface area contributed by atoms with Crippen LogP contribution in [-0.4, -0.2) is 29.0 Å². The lowest BCUT2D eigenvalue weighted by Gasteiger charge is -2.34. The van der Waals surface area contributed by atoms with Gasteiger partial charge in [-0.15, -0.1) is 0 Å². The monoisotopic (exact) mass is 371 g/mol. The molecule has 1 aliphatic heterocycles. The third-order valence-electron chi connectivity index (χ3n) is 5.24. The molecule has 0 aliphatic carbocycles. The predicted octanol–water partition coefficient (Wildman–Crippen LogP) is 3.03. The first-order valence-electron chi connectivity index (χ1n) is 9.45. The maximum absolute atomic E-state index is 12.5. The van der Waals surface area contributed by atoms with Crippen LogP contribution in [0.4, 0.5) is 5.69 Å². The van der Waals surface area contributed by atoms with Gasteiger partial charge in [-0.1, -0.05) is 24.3 Å². The molecule has 0 unspecified atom stereocenters. The molecule has 0 spiro atoms. The van der Waals surface area contributed by atoms with Crippen molar-refractivity contribution >= 4 is 22.5 Å². The summed E-state index contributed by atoms with van der Waals surface area (Å²) < 4.78 is 0. The number of benzene rings is 1. The number of hydrogen-bond donors (Lipinski definition) is 1. The molecule has 4 rings (SSSR count). The summed E-state index contributed by atoms with van der Waals surface area (Å²) in [5.41, 5.74) is 3.39. The minimum atomic E-state index is -0.00782. The van der Waals surface area contributed by atoms with Crippen LogP contribution < -0.4 is 10.2 Å². The van der Waals surface area contributed by atoms with Crippen LogP contribution >= 0.6 is 0 Å². The van der Waals surface area contributed by atoms with E-state index in [0.29, 0.717) is 12.1 Å². The van der Waals surface area contributed by atoms with Crippen LogP contribution in [0, 0.1) is 17.2 Å². The standard InChI is InChI=1S/C22H21N5O/c23-12-18-15-25-20-6-2-1-5-19(20)21(18)27-10-7-17(8-11-27)22(28)26-14-16-4-3-9-24-13-16/h1-6,9,13,15,17H,7-8,10-11,14H2,(H,26,28). The molecule has 0 bridgehead atoms. The third kappa shape index (κ3) is 3.65. The molecule has 1 saturated heterocycles. The number of piperidine rings is 1. The maximum atomic E-state index is 12.5. The number of carbonyl (C=O) groups excluding carboxylic acids is 1. The van der Waals surface area contributed by atoms with Gasteiger partial charge in [0, 0.05) is 49.5 Å². The quantitative estimate of drug-likeness (QED) is 0.762. The van der Waals surface area contributed by atoms with E-state index in [1.54, 1.807) is 18.6 Å². The summed E-state index contributed by atoms with van der Waals surface area (Å²) in [5, 5.41) is 13.5. The molecule has 6 heteroatoms. The summed E-state index contributed by atoms with van der Waals surface area (Å²) in [6.45, 7) is 1.99. The van der Waals surface area contributed by atoms with E-state index >= 15 is 0 Å². The molecule has 1 amide bonds. The highest BCUT2D eigenvalue weighted by atomic mass is 16.1. The molecule has 0 atom stereocenters. The van der Waals surface area contributed by atoms with Crippen LogP contribution in [0.5, 0.6) is 0 Å². The molecule has 0 saturated carbocycles. The zero-order valence-electron chi connectivity index (χ0n) is 15.5. The van der Waals surface area contributed by atoms with Crippen molar-refractivity contribution in [3.63, 3.8) is 0 Å². The fourth-order valence-electron chi connectivity index (χ4n) is 3.75. The third-order valence-corrected chi connectivity index (χ3v) is 5.24. The van der Waals surface area contributed by atoms with Crippen LogP contribution in [0.1, 0.15) is 24.0 Å². The van der Waals surface area contributed by atoms with E-state index in [-0.39, 0.29) is 11.8 Å². The van der Waals surface area contributed by atoms with Crippen molar-refractivity contribution in [1.82, 2.24) is 15.3 Å². The second-order valence-corrected chi connectivity index (χ2v) is 6.99. The number of amides is 1. The predicted molar refractivity (Wildman–Crippen MR) is 107 cm³/mol. The van der Waals surface area contributed by atoms with Crippen molar-refractivity contribution in [2.75, 3.05) is 18.0 Å². The van der Waals surface area contributed by atoms with Crippen LogP contribution in [0.25, 0.3) is 10.9 Å². The number of anilines is 1. The molecule has 3 aromatic rings. The number of pyridine rings is 2. The number of nitriles is 1. The van der Waals surface area contributed by atoms with Gasteiger partial charge in [-0.05, 0) is 30.5 Å². The molecule has 0 radical (unpaired) electrons. The zero-order chi connectivity index (χ0) is 19.3. The fourth-order valence-corrected chi connectivity index (χ4v) is 3.75. The lowest BCUT2D eigenvalue weighted by atomic mass is 9.94. The van der Waals surface area contributed by atoms with Gasteiger partial charge in [0.05, 0.1) is 16.8 Å². The second-order valence-electron chi connectivity index (χ2n) is 6.99. The van der Waals surface area contributed by atoms with Gasteiger partial charge in [-0.3, -0.25) is 14.8 Å². The first-order chi connectivity index (χ1) is 13.8. The summed E-state index contributed by atoms with van der Waals surface area (Å²) in [6, 6.07) is 14.0. The first kappa shape index (κ1) is 17.9. The summed E-state index contributed by atoms with van der Waals surface area (Å²) in [4.78, 5) is 23.2. The Kier molecular flexibility index (Phi) is 5.16. The van der Waals surface area contributed by atoms with Crippen molar-refractivity contribution in [3.8, 4) is 6.07 Å². The Bertz CT molecular complexity index is 1020. The molecule has 6 nitrogen and oxygen atoms in total. The lowest BCUT2D eigenvalue weighted by molar-refractivity contribution is -0.125. The molecule has 1 aliphatic rings. The van der Waals surface area contributed by atoms with Crippen molar-refractivity contribution in [3.05, 3.63) is 66.1 Å². The van der Waals surface area contributed by atoms with Crippen molar-refractivity contribution in [2.45, 2.75) is 19.4 Å². The van der Waals surface area contributed by atoms with Crippen LogP contribution in [0.2, 0.25) is 0 Å². The Hall–Kier alpha value is -3.46. The highest BCUT2D eigenvalue weighted by Gasteiger charge is 2.27. The van der Waals surface area contributed by atoms with Crippen molar-refractivity contribution in [2.24, 2.45) is 5.92 Å². The number of aromatic nitrogens is 2. The Balaban J connectivity index is 1.44. The number of rotatable bonds is 4. The van der Waals surface area contributed by atoms with Gasteiger partial charge in [-0.2, -0.15) is 5.26 Å². The lowest BCUT2D eigenvalue weighted by Crippen LogP contribution is -2.40. The van der Waals surface area contributed by atoms with Gasteiger partial charge in [-0.25, -0.2) is 0 Å². The van der Waals surface area contributed by atoms with E-state index in [9.17, 15) is 10.1 Å². The van der Waals surface area contributed by atoms with Gasteiger partial charge in [0.25, 0.3) is 0 Å². The molecular weight excluding hydrogens is 350 g/mol. The van der Waals surface area contributed by atoms with E-state index < -0.39 is 0 Å². The van der Waals surface area contributed by atoms with Gasteiger partial charge < -0.3 is 10.2 Å². The number of hydrogen-bond acceptors (Lipinski definition) is 5. The normalized spacial score (nSPS) is 14.6. The second kappa shape index (κ2) is 8.05. The summed E-state index contributed by atoms with van der Waals surface area (Å²) in [5.74, 6) is 0.0788. The van der Waals surface area contributed by atoms with E-state index in [0.717, 1.165) is 48.1 Å². The summed E-state index contributed by atoms with van der Waals surface area (Å²) in [7, 11) is 0. The fraction of sp³-hybridized carbons (Fsp3) is 0.273. The van der Waals surface area contributed by atoms with E-state index in [1.165, 1.54) is 0 Å². The van der Waals surface area contributed by atoms with Gasteiger partial charge in [0.15, 0.2) is 0 Å². The Labute approximate surface area is 163 Å². The maximum Gasteiger partial charge on any atom is 0.223 e. The highest BCUT2D eigenvalue weighted by molar-refractivity contribution is 5.94. The van der Waals surface area contributed by atoms with Crippen LogP contribution in [0.3, 0.4) is 0 Å². The largest absolute Gasteiger partial charge is 0.370 e. The van der Waals surface area contributed by atoms with Crippen molar-refractivity contribution < 1.29 is 4.79 Å². The first-order valence-corrected chi connectivity index (χ1v) is 9.45. The molecule has 28 heavy (non-hydrogen) atoms. The average molecular weight is 371 g/mol. The zero-order valence-corrected chi connectivity index (χ0v) is 15.5. The van der Waals surface area contributed by atoms with Crippen LogP contribution in [0.15, 0.2) is 55.0 Å². The van der Waals surface area contributed by atoms with Gasteiger partial charge in [0.2, 0.25) is 5.91 Å². The Morgan fingerprint density at radius 2 is 2.00 bits per heavy atom. The minimum Gasteiger partial charge on any atom is -0.370 e. The van der Waals surface area contributed by atoms with Gasteiger partial charge in [0.1, 0.15) is 6.07 Å². The average Bonchev–Trinajstić information content (AvgIpc) is 2.77. The minimum absolute atomic E-state index is 0.00782. The molecular formula is C22H21N5O. The van der Waals surface area contributed by atoms with E-state index in [1.807, 2.05) is 36.4 Å². The Morgan fingerprint density at radius 1 is 1.18 bits per heavy atom. The molecule has 1 aromatic carbocycles. The highest BCUT2D eigenvalue weighted by Crippen LogP contribution is 2.32. The number of fused-ring (bicyclic) bond motifs is 1. The number of para-hydroxylation sites is 1. The molecule has 140 valence electrons. The summed E-state index contributed by atoms with van der Waals surface area (Å²) in [6.07, 6.45) is 6.66. The Morgan fingerprint density at radius 3 is 2.75 bits per heavy atom. The molecule has 1 N–H and O–H groups in total. The van der Waals surface area contributed by atoms with E-state index in [2.05, 4.69) is 26.3 Å². The van der Waals surface area contributed by atoms with Crippen LogP contribution in [-0.2, 0) is 11.3 Å². The molecule has 2 aromatic heterocycles. The van der Waals surface area contributed by atoms with E-state index in [4.69, 9.17) is 0 Å². The SMILES string of the molecule is N#Cc1cnc2ccccc2c1N1CCC(C(=O)NCc2cccnc2)CC1. The number of carbonyl (C=O) groups is 1. The van der Waals surface area contributed by atoms with Crippen molar-refractivity contribution in [1.29, 1.82) is 5.26 Å². The molecule has 3 heterocycles. The smallest absolute Gasteiger partial charge is 0.223 e. The topological polar surface area (TPSA) is 81.9 Å². The number of nitrogens with zero attached hydrogens (tertiary/aromatic N) is 4.